The molecule has 2 aromatic rings. The lowest BCUT2D eigenvalue weighted by Crippen LogP contribution is -2.14. The highest BCUT2D eigenvalue weighted by molar-refractivity contribution is 5.93. The molecule has 1 amide bonds. The van der Waals surface area contributed by atoms with Crippen molar-refractivity contribution in [1.29, 1.82) is 0 Å². The Labute approximate surface area is 130 Å². The Balaban J connectivity index is 1.84. The molecule has 5 nitrogen and oxygen atoms in total. The number of hydrogen-bond donors (Lipinski definition) is 1. The van der Waals surface area contributed by atoms with Gasteiger partial charge in [0, 0.05) is 12.0 Å². The van der Waals surface area contributed by atoms with Gasteiger partial charge in [-0.05, 0) is 59.1 Å². The number of carbonyl (C=O) groups excluding carboxylic acids is 1. The minimum absolute atomic E-state index is 0.0649. The monoisotopic (exact) mass is 299 g/mol. The molecule has 1 heterocycles. The number of benzene rings is 1. The summed E-state index contributed by atoms with van der Waals surface area (Å²) in [6, 6.07) is 6.33. The highest BCUT2D eigenvalue weighted by atomic mass is 16.6. The van der Waals surface area contributed by atoms with Crippen LogP contribution in [0.5, 0.6) is 0 Å². The number of nitrogens with one attached hydrogen (secondary N) is 1. The van der Waals surface area contributed by atoms with E-state index in [1.165, 1.54) is 24.0 Å². The number of aryl methyl sites for hydroxylation is 2. The number of fused-ring (bicyclic) bond motifs is 1. The van der Waals surface area contributed by atoms with E-state index in [0.29, 0.717) is 23.9 Å². The van der Waals surface area contributed by atoms with Crippen molar-refractivity contribution in [2.75, 3.05) is 5.32 Å². The van der Waals surface area contributed by atoms with E-state index in [4.69, 9.17) is 4.63 Å². The molecule has 1 aromatic carbocycles. The molecular weight excluding hydrogens is 278 g/mol. The largest absolute Gasteiger partial charge is 0.306 e. The number of hydrogen-bond acceptors (Lipinski definition) is 4. The number of carbonyl (C=O) groups is 1. The molecule has 0 aliphatic heterocycles. The van der Waals surface area contributed by atoms with Gasteiger partial charge >= 0.3 is 0 Å². The van der Waals surface area contributed by atoms with Crippen molar-refractivity contribution in [3.8, 4) is 11.3 Å². The van der Waals surface area contributed by atoms with Gasteiger partial charge in [0.25, 0.3) is 0 Å². The van der Waals surface area contributed by atoms with Crippen LogP contribution in [0.2, 0.25) is 0 Å². The van der Waals surface area contributed by atoms with Crippen molar-refractivity contribution in [2.45, 2.75) is 46.0 Å². The van der Waals surface area contributed by atoms with Crippen LogP contribution in [0.15, 0.2) is 22.8 Å². The van der Waals surface area contributed by atoms with E-state index < -0.39 is 0 Å². The number of amides is 1. The second kappa shape index (κ2) is 6.30. The zero-order valence-electron chi connectivity index (χ0n) is 13.1. The van der Waals surface area contributed by atoms with Gasteiger partial charge in [0.15, 0.2) is 5.69 Å². The van der Waals surface area contributed by atoms with Crippen LogP contribution in [0.4, 0.5) is 5.82 Å². The van der Waals surface area contributed by atoms with Crippen molar-refractivity contribution < 1.29 is 9.42 Å². The highest BCUT2D eigenvalue weighted by Gasteiger charge is 2.17. The number of nitrogens with zero attached hydrogens (tertiary/aromatic N) is 2. The van der Waals surface area contributed by atoms with Crippen molar-refractivity contribution in [3.05, 3.63) is 29.3 Å². The molecule has 0 fully saturated rings. The number of rotatable bonds is 4. The summed E-state index contributed by atoms with van der Waals surface area (Å²) in [6.45, 7) is 4.01. The molecule has 22 heavy (non-hydrogen) atoms. The second-order valence-corrected chi connectivity index (χ2v) is 6.30. The Morgan fingerprint density at radius 1 is 1.23 bits per heavy atom. The van der Waals surface area contributed by atoms with Crippen LogP contribution in [0.3, 0.4) is 0 Å². The van der Waals surface area contributed by atoms with Crippen molar-refractivity contribution >= 4 is 11.7 Å². The van der Waals surface area contributed by atoms with Crippen molar-refractivity contribution in [2.24, 2.45) is 5.92 Å². The van der Waals surface area contributed by atoms with Gasteiger partial charge in [0.1, 0.15) is 0 Å². The first-order valence-electron chi connectivity index (χ1n) is 7.88. The van der Waals surface area contributed by atoms with Gasteiger partial charge in [0.05, 0.1) is 0 Å². The number of aromatic nitrogens is 2. The number of anilines is 1. The summed E-state index contributed by atoms with van der Waals surface area (Å²) in [6.07, 6.45) is 5.19. The molecular formula is C17H21N3O2. The Morgan fingerprint density at radius 3 is 2.77 bits per heavy atom. The SMILES string of the molecule is CC(C)CC(=O)Nc1nonc1-c1ccc2c(c1)CCCC2. The predicted octanol–water partition coefficient (Wildman–Crippen LogP) is 3.60. The van der Waals surface area contributed by atoms with Gasteiger partial charge in [-0.2, -0.15) is 0 Å². The summed E-state index contributed by atoms with van der Waals surface area (Å²) in [7, 11) is 0. The smallest absolute Gasteiger partial charge is 0.225 e. The van der Waals surface area contributed by atoms with E-state index in [-0.39, 0.29) is 5.91 Å². The summed E-state index contributed by atoms with van der Waals surface area (Å²) in [5.74, 6) is 0.637. The topological polar surface area (TPSA) is 68.0 Å². The zero-order chi connectivity index (χ0) is 15.5. The Hall–Kier alpha value is -2.17. The highest BCUT2D eigenvalue weighted by Crippen LogP contribution is 2.29. The average molecular weight is 299 g/mol. The molecule has 116 valence electrons. The third-order valence-electron chi connectivity index (χ3n) is 3.96. The summed E-state index contributed by atoms with van der Waals surface area (Å²) >= 11 is 0. The fourth-order valence-corrected chi connectivity index (χ4v) is 2.89. The molecule has 0 spiro atoms. The quantitative estimate of drug-likeness (QED) is 0.936. The molecule has 0 saturated heterocycles. The Kier molecular flexibility index (Phi) is 4.22. The summed E-state index contributed by atoms with van der Waals surface area (Å²) in [5, 5.41) is 10.6. The van der Waals surface area contributed by atoms with E-state index in [2.05, 4.69) is 27.8 Å². The minimum atomic E-state index is -0.0649. The molecule has 0 bridgehead atoms. The fraction of sp³-hybridized carbons (Fsp3) is 0.471. The molecule has 3 rings (SSSR count). The van der Waals surface area contributed by atoms with E-state index in [9.17, 15) is 4.79 Å². The van der Waals surface area contributed by atoms with Crippen LogP contribution in [0.1, 0.15) is 44.2 Å². The van der Waals surface area contributed by atoms with Gasteiger partial charge < -0.3 is 5.32 Å². The Bertz CT molecular complexity index is 676. The lowest BCUT2D eigenvalue weighted by atomic mass is 9.90. The molecule has 1 aromatic heterocycles. The standard InChI is InChI=1S/C17H21N3O2/c1-11(2)9-15(21)18-17-16(19-22-20-17)14-8-7-12-5-3-4-6-13(12)10-14/h7-8,10-11H,3-6,9H2,1-2H3,(H,18,20,21). The van der Waals surface area contributed by atoms with Gasteiger partial charge in [0.2, 0.25) is 11.7 Å². The maximum atomic E-state index is 11.9. The third-order valence-corrected chi connectivity index (χ3v) is 3.96. The van der Waals surface area contributed by atoms with Crippen LogP contribution in [-0.2, 0) is 17.6 Å². The maximum absolute atomic E-state index is 11.9. The van der Waals surface area contributed by atoms with E-state index in [0.717, 1.165) is 18.4 Å². The third kappa shape index (κ3) is 3.18. The molecule has 0 unspecified atom stereocenters. The maximum Gasteiger partial charge on any atom is 0.225 e. The van der Waals surface area contributed by atoms with Gasteiger partial charge in [-0.3, -0.25) is 4.79 Å². The van der Waals surface area contributed by atoms with Crippen molar-refractivity contribution in [3.63, 3.8) is 0 Å². The fourth-order valence-electron chi connectivity index (χ4n) is 2.89. The predicted molar refractivity (Wildman–Crippen MR) is 84.5 cm³/mol. The van der Waals surface area contributed by atoms with Crippen LogP contribution in [-0.4, -0.2) is 16.2 Å². The van der Waals surface area contributed by atoms with E-state index in [1.54, 1.807) is 0 Å². The van der Waals surface area contributed by atoms with Crippen LogP contribution < -0.4 is 5.32 Å². The first kappa shape index (κ1) is 14.8. The van der Waals surface area contributed by atoms with Crippen LogP contribution in [0, 0.1) is 5.92 Å². The van der Waals surface area contributed by atoms with E-state index in [1.807, 2.05) is 19.9 Å². The first-order chi connectivity index (χ1) is 10.6. The van der Waals surface area contributed by atoms with Gasteiger partial charge in [-0.25, -0.2) is 4.63 Å². The van der Waals surface area contributed by atoms with Gasteiger partial charge in [-0.1, -0.05) is 26.0 Å². The molecule has 1 aliphatic carbocycles. The summed E-state index contributed by atoms with van der Waals surface area (Å²) in [4.78, 5) is 11.9. The Morgan fingerprint density at radius 2 is 2.00 bits per heavy atom. The molecule has 1 N–H and O–H groups in total. The normalized spacial score (nSPS) is 14.0. The molecule has 5 heteroatoms. The molecule has 1 aliphatic rings. The minimum Gasteiger partial charge on any atom is -0.306 e. The first-order valence-corrected chi connectivity index (χ1v) is 7.88. The van der Waals surface area contributed by atoms with Crippen molar-refractivity contribution in [1.82, 2.24) is 10.3 Å². The molecule has 0 atom stereocenters. The lowest BCUT2D eigenvalue weighted by molar-refractivity contribution is -0.116. The molecule has 0 radical (unpaired) electrons. The average Bonchev–Trinajstić information content (AvgIpc) is 2.94. The zero-order valence-corrected chi connectivity index (χ0v) is 13.1. The lowest BCUT2D eigenvalue weighted by Gasteiger charge is -2.16. The summed E-state index contributed by atoms with van der Waals surface area (Å²) in [5.41, 5.74) is 4.33. The van der Waals surface area contributed by atoms with Crippen LogP contribution in [0.25, 0.3) is 11.3 Å². The molecule has 0 saturated carbocycles. The van der Waals surface area contributed by atoms with Gasteiger partial charge in [-0.15, -0.1) is 0 Å². The van der Waals surface area contributed by atoms with E-state index >= 15 is 0 Å². The second-order valence-electron chi connectivity index (χ2n) is 6.30. The van der Waals surface area contributed by atoms with Crippen LogP contribution >= 0.6 is 0 Å². The summed E-state index contributed by atoms with van der Waals surface area (Å²) < 4.78 is 4.84.